The first kappa shape index (κ1) is 14.8. The molecule has 0 aliphatic heterocycles. The third-order valence-corrected chi connectivity index (χ3v) is 4.78. The minimum absolute atomic E-state index is 0.728. The van der Waals surface area contributed by atoms with Crippen molar-refractivity contribution in [3.05, 3.63) is 77.2 Å². The first-order valence-electron chi connectivity index (χ1n) is 7.90. The predicted molar refractivity (Wildman–Crippen MR) is 101 cm³/mol. The van der Waals surface area contributed by atoms with Crippen LogP contribution in [0.5, 0.6) is 0 Å². The summed E-state index contributed by atoms with van der Waals surface area (Å²) in [4.78, 5) is 10.8. The fraction of sp³-hybridized carbons (Fsp3) is 0.100. The second kappa shape index (κ2) is 6.42. The molecule has 4 rings (SSSR count). The molecular formula is C20H17N3S. The van der Waals surface area contributed by atoms with Gasteiger partial charge in [-0.05, 0) is 36.1 Å². The Balaban J connectivity index is 1.72. The van der Waals surface area contributed by atoms with Gasteiger partial charge in [0, 0.05) is 6.54 Å². The largest absolute Gasteiger partial charge is 0.364 e. The summed E-state index contributed by atoms with van der Waals surface area (Å²) in [5.41, 5.74) is 5.23. The monoisotopic (exact) mass is 331 g/mol. The Labute approximate surface area is 145 Å². The maximum Gasteiger partial charge on any atom is 0.154 e. The molecule has 0 saturated carbocycles. The summed E-state index contributed by atoms with van der Waals surface area (Å²) < 4.78 is 0. The summed E-state index contributed by atoms with van der Waals surface area (Å²) in [6, 6.07) is 20.7. The van der Waals surface area contributed by atoms with E-state index in [2.05, 4.69) is 48.0 Å². The molecular weight excluding hydrogens is 314 g/mol. The Morgan fingerprint density at radius 1 is 0.875 bits per heavy atom. The lowest BCUT2D eigenvalue weighted by atomic mass is 10.1. The molecule has 118 valence electrons. The minimum atomic E-state index is 0.728. The van der Waals surface area contributed by atoms with E-state index in [1.165, 1.54) is 11.1 Å². The predicted octanol–water partition coefficient (Wildman–Crippen LogP) is 5.28. The van der Waals surface area contributed by atoms with Crippen LogP contribution in [0.15, 0.2) is 66.0 Å². The van der Waals surface area contributed by atoms with Crippen LogP contribution in [-0.4, -0.2) is 9.97 Å². The number of para-hydroxylation sites is 2. The summed E-state index contributed by atoms with van der Waals surface area (Å²) in [7, 11) is 0. The highest BCUT2D eigenvalue weighted by Gasteiger charge is 2.11. The highest BCUT2D eigenvalue weighted by atomic mass is 32.1. The topological polar surface area (TPSA) is 37.8 Å². The van der Waals surface area contributed by atoms with Crippen molar-refractivity contribution in [3.63, 3.8) is 0 Å². The Morgan fingerprint density at radius 3 is 2.33 bits per heavy atom. The molecule has 0 bridgehead atoms. The first-order chi connectivity index (χ1) is 11.8. The van der Waals surface area contributed by atoms with Crippen molar-refractivity contribution in [1.82, 2.24) is 9.97 Å². The average molecular weight is 331 g/mol. The molecule has 0 unspecified atom stereocenters. The molecule has 0 saturated heterocycles. The molecule has 24 heavy (non-hydrogen) atoms. The maximum absolute atomic E-state index is 4.83. The molecule has 4 heteroatoms. The zero-order valence-electron chi connectivity index (χ0n) is 13.4. The van der Waals surface area contributed by atoms with Gasteiger partial charge < -0.3 is 5.32 Å². The molecule has 4 aromatic rings. The normalized spacial score (nSPS) is 10.9. The van der Waals surface area contributed by atoms with Crippen molar-refractivity contribution in [2.45, 2.75) is 13.5 Å². The molecule has 0 atom stereocenters. The lowest BCUT2D eigenvalue weighted by Gasteiger charge is -2.11. The number of thiophene rings is 1. The lowest BCUT2D eigenvalue weighted by Crippen LogP contribution is -2.04. The molecule has 0 fully saturated rings. The van der Waals surface area contributed by atoms with E-state index in [9.17, 15) is 0 Å². The molecule has 2 aromatic heterocycles. The highest BCUT2D eigenvalue weighted by molar-refractivity contribution is 7.13. The fourth-order valence-electron chi connectivity index (χ4n) is 2.60. The molecule has 2 heterocycles. The third kappa shape index (κ3) is 3.01. The van der Waals surface area contributed by atoms with E-state index in [-0.39, 0.29) is 0 Å². The Kier molecular flexibility index (Phi) is 3.97. The Bertz CT molecular complexity index is 960. The van der Waals surface area contributed by atoms with Gasteiger partial charge in [-0.15, -0.1) is 11.3 Å². The van der Waals surface area contributed by atoms with E-state index in [1.807, 2.05) is 30.3 Å². The van der Waals surface area contributed by atoms with Gasteiger partial charge in [-0.25, -0.2) is 9.97 Å². The van der Waals surface area contributed by atoms with E-state index in [0.717, 1.165) is 34.0 Å². The van der Waals surface area contributed by atoms with Gasteiger partial charge in [0.05, 0.1) is 15.9 Å². The van der Waals surface area contributed by atoms with Gasteiger partial charge in [-0.2, -0.15) is 0 Å². The summed E-state index contributed by atoms with van der Waals surface area (Å²) in [6.45, 7) is 2.83. The first-order valence-corrected chi connectivity index (χ1v) is 8.78. The minimum Gasteiger partial charge on any atom is -0.364 e. The van der Waals surface area contributed by atoms with E-state index < -0.39 is 0 Å². The SMILES string of the molecule is Cc1ccc(CNc2nc3ccccc3nc2-c2cccs2)cc1. The van der Waals surface area contributed by atoms with Crippen LogP contribution < -0.4 is 5.32 Å². The van der Waals surface area contributed by atoms with E-state index in [4.69, 9.17) is 9.97 Å². The lowest BCUT2D eigenvalue weighted by molar-refractivity contribution is 1.11. The van der Waals surface area contributed by atoms with E-state index >= 15 is 0 Å². The van der Waals surface area contributed by atoms with Crippen molar-refractivity contribution < 1.29 is 0 Å². The summed E-state index contributed by atoms with van der Waals surface area (Å²) in [6.07, 6.45) is 0. The standard InChI is InChI=1S/C20H17N3S/c1-14-8-10-15(11-9-14)13-21-20-19(18-7-4-12-24-18)22-16-5-2-3-6-17(16)23-20/h2-12H,13H2,1H3,(H,21,23). The zero-order valence-corrected chi connectivity index (χ0v) is 14.2. The van der Waals surface area contributed by atoms with Gasteiger partial charge in [0.1, 0.15) is 5.69 Å². The summed E-state index contributed by atoms with van der Waals surface area (Å²) in [5.74, 6) is 0.830. The van der Waals surface area contributed by atoms with Crippen LogP contribution in [0, 0.1) is 6.92 Å². The Hall–Kier alpha value is -2.72. The number of benzene rings is 2. The third-order valence-electron chi connectivity index (χ3n) is 3.91. The molecule has 0 aliphatic rings. The van der Waals surface area contributed by atoms with Crippen molar-refractivity contribution in [2.75, 3.05) is 5.32 Å². The number of anilines is 1. The van der Waals surface area contributed by atoms with Crippen molar-refractivity contribution in [3.8, 4) is 10.6 Å². The zero-order chi connectivity index (χ0) is 16.4. The van der Waals surface area contributed by atoms with Crippen LogP contribution in [-0.2, 0) is 6.54 Å². The number of nitrogens with zero attached hydrogens (tertiary/aromatic N) is 2. The van der Waals surface area contributed by atoms with Gasteiger partial charge >= 0.3 is 0 Å². The smallest absolute Gasteiger partial charge is 0.154 e. The van der Waals surface area contributed by atoms with Crippen molar-refractivity contribution >= 4 is 28.2 Å². The number of fused-ring (bicyclic) bond motifs is 1. The van der Waals surface area contributed by atoms with Crippen molar-refractivity contribution in [1.29, 1.82) is 0 Å². The quantitative estimate of drug-likeness (QED) is 0.553. The average Bonchev–Trinajstić information content (AvgIpc) is 3.15. The molecule has 0 aliphatic carbocycles. The van der Waals surface area contributed by atoms with E-state index in [1.54, 1.807) is 11.3 Å². The fourth-order valence-corrected chi connectivity index (χ4v) is 3.31. The van der Waals surface area contributed by atoms with Crippen LogP contribution in [0.1, 0.15) is 11.1 Å². The molecule has 3 nitrogen and oxygen atoms in total. The number of aromatic nitrogens is 2. The second-order valence-electron chi connectivity index (χ2n) is 5.73. The highest BCUT2D eigenvalue weighted by Crippen LogP contribution is 2.30. The molecule has 1 N–H and O–H groups in total. The van der Waals surface area contributed by atoms with Crippen LogP contribution in [0.25, 0.3) is 21.6 Å². The van der Waals surface area contributed by atoms with Gasteiger partial charge in [0.25, 0.3) is 0 Å². The van der Waals surface area contributed by atoms with Crippen LogP contribution in [0.3, 0.4) is 0 Å². The van der Waals surface area contributed by atoms with E-state index in [0.29, 0.717) is 0 Å². The van der Waals surface area contributed by atoms with Crippen molar-refractivity contribution in [2.24, 2.45) is 0 Å². The number of aryl methyl sites for hydroxylation is 1. The molecule has 0 amide bonds. The molecule has 0 radical (unpaired) electrons. The summed E-state index contributed by atoms with van der Waals surface area (Å²) in [5, 5.41) is 5.53. The number of rotatable bonds is 4. The van der Waals surface area contributed by atoms with Crippen LogP contribution in [0.4, 0.5) is 5.82 Å². The summed E-state index contributed by atoms with van der Waals surface area (Å²) >= 11 is 1.68. The van der Waals surface area contributed by atoms with Gasteiger partial charge in [0.15, 0.2) is 5.82 Å². The van der Waals surface area contributed by atoms with Crippen LogP contribution >= 0.6 is 11.3 Å². The second-order valence-corrected chi connectivity index (χ2v) is 6.67. The molecule has 2 aromatic carbocycles. The van der Waals surface area contributed by atoms with Gasteiger partial charge in [0.2, 0.25) is 0 Å². The molecule has 0 spiro atoms. The van der Waals surface area contributed by atoms with Crippen LogP contribution in [0.2, 0.25) is 0 Å². The van der Waals surface area contributed by atoms with Gasteiger partial charge in [-0.3, -0.25) is 0 Å². The van der Waals surface area contributed by atoms with Gasteiger partial charge in [-0.1, -0.05) is 48.0 Å². The number of hydrogen-bond acceptors (Lipinski definition) is 4. The Morgan fingerprint density at radius 2 is 1.62 bits per heavy atom. The number of nitrogens with one attached hydrogen (secondary N) is 1. The number of hydrogen-bond donors (Lipinski definition) is 1. The maximum atomic E-state index is 4.83.